The highest BCUT2D eigenvalue weighted by Gasteiger charge is 2.22. The van der Waals surface area contributed by atoms with Crippen LogP contribution in [0, 0.1) is 10.1 Å². The third kappa shape index (κ3) is 3.31. The van der Waals surface area contributed by atoms with Crippen LogP contribution in [0.5, 0.6) is 5.75 Å². The number of non-ortho nitro benzene ring substituents is 1. The van der Waals surface area contributed by atoms with Gasteiger partial charge in [0.2, 0.25) is 5.91 Å². The molecule has 6 heteroatoms. The van der Waals surface area contributed by atoms with E-state index in [4.69, 9.17) is 4.74 Å². The van der Waals surface area contributed by atoms with Crippen molar-refractivity contribution in [1.29, 1.82) is 0 Å². The smallest absolute Gasteiger partial charge is 0.269 e. The number of nitro groups is 1. The Labute approximate surface area is 133 Å². The molecule has 0 N–H and O–H groups in total. The largest absolute Gasteiger partial charge is 0.490 e. The molecule has 2 aromatic rings. The molecule has 0 fully saturated rings. The lowest BCUT2D eigenvalue weighted by molar-refractivity contribution is -0.384. The van der Waals surface area contributed by atoms with Crippen molar-refractivity contribution in [1.82, 2.24) is 0 Å². The second kappa shape index (κ2) is 6.48. The number of anilines is 1. The van der Waals surface area contributed by atoms with Crippen LogP contribution in [0.25, 0.3) is 0 Å². The Hall–Kier alpha value is -2.89. The summed E-state index contributed by atoms with van der Waals surface area (Å²) in [5, 5.41) is 10.8. The Morgan fingerprint density at radius 1 is 1.22 bits per heavy atom. The van der Waals surface area contributed by atoms with Crippen LogP contribution >= 0.6 is 0 Å². The molecule has 0 atom stereocenters. The van der Waals surface area contributed by atoms with Gasteiger partial charge >= 0.3 is 0 Å². The second-order valence-corrected chi connectivity index (χ2v) is 5.29. The predicted octanol–water partition coefficient (Wildman–Crippen LogP) is 2.95. The minimum atomic E-state index is -0.427. The van der Waals surface area contributed by atoms with Gasteiger partial charge in [0.15, 0.2) is 0 Å². The molecule has 1 aliphatic rings. The number of aryl methyl sites for hydroxylation is 1. The number of carbonyl (C=O) groups excluding carboxylic acids is 1. The Balaban J connectivity index is 1.69. The molecule has 1 amide bonds. The molecular weight excluding hydrogens is 296 g/mol. The maximum absolute atomic E-state index is 12.5. The van der Waals surface area contributed by atoms with Crippen molar-refractivity contribution in [3.8, 4) is 5.75 Å². The fourth-order valence-corrected chi connectivity index (χ4v) is 2.64. The number of nitro benzene ring substituents is 1. The highest BCUT2D eigenvalue weighted by Crippen LogP contribution is 2.31. The lowest BCUT2D eigenvalue weighted by Crippen LogP contribution is -2.38. The molecule has 3 rings (SSSR count). The molecule has 0 unspecified atom stereocenters. The van der Waals surface area contributed by atoms with Gasteiger partial charge in [-0.3, -0.25) is 14.9 Å². The first kappa shape index (κ1) is 15.0. The van der Waals surface area contributed by atoms with E-state index >= 15 is 0 Å². The Bertz CT molecular complexity index is 745. The number of rotatable bonds is 4. The molecule has 0 aromatic heterocycles. The van der Waals surface area contributed by atoms with Gasteiger partial charge in [-0.15, -0.1) is 0 Å². The van der Waals surface area contributed by atoms with E-state index in [1.807, 2.05) is 24.3 Å². The number of hydrogen-bond donors (Lipinski definition) is 0. The average molecular weight is 312 g/mol. The normalized spacial score (nSPS) is 13.1. The van der Waals surface area contributed by atoms with E-state index in [2.05, 4.69) is 0 Å². The van der Waals surface area contributed by atoms with Gasteiger partial charge in [0.1, 0.15) is 12.4 Å². The van der Waals surface area contributed by atoms with Gasteiger partial charge in [-0.2, -0.15) is 0 Å². The van der Waals surface area contributed by atoms with Gasteiger partial charge in [0, 0.05) is 18.6 Å². The maximum Gasteiger partial charge on any atom is 0.269 e. The van der Waals surface area contributed by atoms with E-state index < -0.39 is 4.92 Å². The van der Waals surface area contributed by atoms with Crippen LogP contribution in [0.15, 0.2) is 48.5 Å². The Morgan fingerprint density at radius 2 is 2.04 bits per heavy atom. The molecular formula is C17H16N2O4. The zero-order valence-corrected chi connectivity index (χ0v) is 12.5. The third-order valence-electron chi connectivity index (χ3n) is 3.78. The molecule has 2 aromatic carbocycles. The predicted molar refractivity (Wildman–Crippen MR) is 85.7 cm³/mol. The lowest BCUT2D eigenvalue weighted by atomic mass is 10.1. The molecule has 6 nitrogen and oxygen atoms in total. The van der Waals surface area contributed by atoms with Crippen molar-refractivity contribution in [2.45, 2.75) is 12.8 Å². The van der Waals surface area contributed by atoms with Crippen molar-refractivity contribution in [2.24, 2.45) is 0 Å². The first-order valence-corrected chi connectivity index (χ1v) is 7.40. The van der Waals surface area contributed by atoms with E-state index in [0.717, 1.165) is 11.3 Å². The highest BCUT2D eigenvalue weighted by molar-refractivity contribution is 5.95. The lowest BCUT2D eigenvalue weighted by Gasteiger charge is -2.29. The summed E-state index contributed by atoms with van der Waals surface area (Å²) >= 11 is 0. The topological polar surface area (TPSA) is 72.7 Å². The molecule has 0 aliphatic carbocycles. The molecule has 0 bridgehead atoms. The minimum Gasteiger partial charge on any atom is -0.490 e. The van der Waals surface area contributed by atoms with Crippen LogP contribution in [0.3, 0.4) is 0 Å². The zero-order valence-electron chi connectivity index (χ0n) is 12.5. The summed E-state index contributed by atoms with van der Waals surface area (Å²) in [6.45, 7) is 0.990. The van der Waals surface area contributed by atoms with Gasteiger partial charge in [-0.1, -0.05) is 24.3 Å². The molecule has 0 radical (unpaired) electrons. The zero-order chi connectivity index (χ0) is 16.2. The Morgan fingerprint density at radius 3 is 2.87 bits per heavy atom. The fraction of sp³-hybridized carbons (Fsp3) is 0.235. The quantitative estimate of drug-likeness (QED) is 0.642. The summed E-state index contributed by atoms with van der Waals surface area (Å²) in [4.78, 5) is 24.6. The Kier molecular flexibility index (Phi) is 4.23. The van der Waals surface area contributed by atoms with Crippen molar-refractivity contribution in [2.75, 3.05) is 18.1 Å². The molecule has 1 heterocycles. The van der Waals surface area contributed by atoms with Crippen LogP contribution < -0.4 is 9.64 Å². The number of carbonyl (C=O) groups is 1. The number of para-hydroxylation sites is 2. The number of hydrogen-bond acceptors (Lipinski definition) is 4. The van der Waals surface area contributed by atoms with E-state index in [9.17, 15) is 14.9 Å². The van der Waals surface area contributed by atoms with Crippen molar-refractivity contribution >= 4 is 17.3 Å². The standard InChI is InChI=1S/C17H16N2O4/c20-17(9-8-13-4-3-5-14(12-13)19(21)22)18-10-11-23-16-7-2-1-6-15(16)18/h1-7,12H,8-11H2. The summed E-state index contributed by atoms with van der Waals surface area (Å²) in [7, 11) is 0. The van der Waals surface area contributed by atoms with E-state index in [-0.39, 0.29) is 11.6 Å². The van der Waals surface area contributed by atoms with Crippen molar-refractivity contribution in [3.63, 3.8) is 0 Å². The summed E-state index contributed by atoms with van der Waals surface area (Å²) < 4.78 is 5.54. The molecule has 0 spiro atoms. The van der Waals surface area contributed by atoms with Crippen molar-refractivity contribution in [3.05, 3.63) is 64.2 Å². The number of ether oxygens (including phenoxy) is 1. The van der Waals surface area contributed by atoms with Gasteiger partial charge < -0.3 is 9.64 Å². The minimum absolute atomic E-state index is 0.00717. The van der Waals surface area contributed by atoms with Crippen molar-refractivity contribution < 1.29 is 14.5 Å². The SMILES string of the molecule is O=C(CCc1cccc([N+](=O)[O-])c1)N1CCOc2ccccc21. The van der Waals surface area contributed by atoms with Gasteiger partial charge in [0.25, 0.3) is 5.69 Å². The summed E-state index contributed by atoms with van der Waals surface area (Å²) in [6, 6.07) is 13.8. The van der Waals surface area contributed by atoms with E-state index in [1.165, 1.54) is 12.1 Å². The molecule has 1 aliphatic heterocycles. The third-order valence-corrected chi connectivity index (χ3v) is 3.78. The van der Waals surface area contributed by atoms with Crippen LogP contribution in [-0.2, 0) is 11.2 Å². The van der Waals surface area contributed by atoms with Crippen LogP contribution in [0.4, 0.5) is 11.4 Å². The summed E-state index contributed by atoms with van der Waals surface area (Å²) in [6.07, 6.45) is 0.773. The summed E-state index contributed by atoms with van der Waals surface area (Å²) in [5.74, 6) is 0.703. The maximum atomic E-state index is 12.5. The fourth-order valence-electron chi connectivity index (χ4n) is 2.64. The summed E-state index contributed by atoms with van der Waals surface area (Å²) in [5.41, 5.74) is 1.61. The number of fused-ring (bicyclic) bond motifs is 1. The highest BCUT2D eigenvalue weighted by atomic mass is 16.6. The van der Waals surface area contributed by atoms with E-state index in [1.54, 1.807) is 17.0 Å². The van der Waals surface area contributed by atoms with E-state index in [0.29, 0.717) is 31.7 Å². The molecule has 118 valence electrons. The van der Waals surface area contributed by atoms with Crippen LogP contribution in [0.1, 0.15) is 12.0 Å². The molecule has 0 saturated heterocycles. The second-order valence-electron chi connectivity index (χ2n) is 5.29. The first-order chi connectivity index (χ1) is 11.1. The van der Waals surface area contributed by atoms with Crippen LogP contribution in [-0.4, -0.2) is 24.0 Å². The van der Waals surface area contributed by atoms with Gasteiger partial charge in [-0.05, 0) is 24.1 Å². The first-order valence-electron chi connectivity index (χ1n) is 7.40. The number of benzene rings is 2. The molecule has 0 saturated carbocycles. The monoisotopic (exact) mass is 312 g/mol. The molecule has 23 heavy (non-hydrogen) atoms. The van der Waals surface area contributed by atoms with Crippen LogP contribution in [0.2, 0.25) is 0 Å². The van der Waals surface area contributed by atoms with Gasteiger partial charge in [0.05, 0.1) is 17.2 Å². The number of amides is 1. The van der Waals surface area contributed by atoms with Gasteiger partial charge in [-0.25, -0.2) is 0 Å². The average Bonchev–Trinajstić information content (AvgIpc) is 2.59. The number of nitrogens with zero attached hydrogens (tertiary/aromatic N) is 2.